The maximum absolute atomic E-state index is 4.52. The molecule has 0 amide bonds. The molecule has 100 valence electrons. The zero-order valence-electron chi connectivity index (χ0n) is 11.2. The molecular weight excluding hydrogens is 300 g/mol. The summed E-state index contributed by atoms with van der Waals surface area (Å²) in [6.45, 7) is 1.98. The van der Waals surface area contributed by atoms with Gasteiger partial charge in [0.25, 0.3) is 0 Å². The molecule has 19 heavy (non-hydrogen) atoms. The molecule has 1 heterocycles. The molecule has 0 spiro atoms. The average molecular weight is 319 g/mol. The second-order valence-electron chi connectivity index (χ2n) is 5.44. The number of nitrogens with zero attached hydrogens (tertiary/aromatic N) is 1. The second-order valence-corrected chi connectivity index (χ2v) is 6.23. The molecule has 3 heteroatoms. The summed E-state index contributed by atoms with van der Waals surface area (Å²) < 4.78 is 0.968. The van der Waals surface area contributed by atoms with Crippen molar-refractivity contribution in [1.29, 1.82) is 0 Å². The third kappa shape index (κ3) is 2.76. The van der Waals surface area contributed by atoms with Crippen LogP contribution >= 0.6 is 15.9 Å². The van der Waals surface area contributed by atoms with Gasteiger partial charge in [-0.2, -0.15) is 0 Å². The van der Waals surface area contributed by atoms with Crippen LogP contribution in [0.3, 0.4) is 0 Å². The van der Waals surface area contributed by atoms with Crippen LogP contribution in [0.25, 0.3) is 11.3 Å². The zero-order chi connectivity index (χ0) is 13.2. The Morgan fingerprint density at radius 3 is 2.37 bits per heavy atom. The smallest absolute Gasteiger partial charge is 0.110 e. The number of aromatic amines is 1. The normalized spacial score (nSPS) is 16.7. The molecular formula is C16H19BrN2. The number of aryl methyl sites for hydroxylation is 1. The predicted molar refractivity (Wildman–Crippen MR) is 82.3 cm³/mol. The summed E-state index contributed by atoms with van der Waals surface area (Å²) in [6.07, 6.45) is 6.89. The Labute approximate surface area is 122 Å². The fourth-order valence-corrected chi connectivity index (χ4v) is 3.61. The van der Waals surface area contributed by atoms with E-state index in [4.69, 9.17) is 0 Å². The largest absolute Gasteiger partial charge is 0.336 e. The highest BCUT2D eigenvalue weighted by Crippen LogP contribution is 2.34. The van der Waals surface area contributed by atoms with Crippen molar-refractivity contribution in [1.82, 2.24) is 9.97 Å². The molecule has 1 aliphatic carbocycles. The monoisotopic (exact) mass is 318 g/mol. The van der Waals surface area contributed by atoms with Crippen molar-refractivity contribution in [2.75, 3.05) is 0 Å². The van der Waals surface area contributed by atoms with Gasteiger partial charge in [0.05, 0.1) is 0 Å². The van der Waals surface area contributed by atoms with Crippen molar-refractivity contribution >= 4 is 15.9 Å². The standard InChI is InChI=1S/C16H19BrN2/c1-11-18-15(16(17)19-11)14-9-7-13(8-10-14)12-5-3-2-4-6-12/h7-10,12H,2-6H2,1H3,(H,18,19). The molecule has 2 aromatic rings. The Kier molecular flexibility index (Phi) is 3.74. The number of hydrogen-bond acceptors (Lipinski definition) is 1. The zero-order valence-corrected chi connectivity index (χ0v) is 12.8. The molecule has 2 nitrogen and oxygen atoms in total. The lowest BCUT2D eigenvalue weighted by Gasteiger charge is -2.22. The Bertz CT molecular complexity index is 551. The first-order chi connectivity index (χ1) is 9.24. The van der Waals surface area contributed by atoms with E-state index in [0.29, 0.717) is 0 Å². The topological polar surface area (TPSA) is 28.7 Å². The molecule has 3 rings (SSSR count). The fourth-order valence-electron chi connectivity index (χ4n) is 3.00. The first kappa shape index (κ1) is 12.9. The summed E-state index contributed by atoms with van der Waals surface area (Å²) in [5, 5.41) is 0. The third-order valence-electron chi connectivity index (χ3n) is 4.04. The van der Waals surface area contributed by atoms with Crippen LogP contribution in [0, 0.1) is 6.92 Å². The molecule has 0 bridgehead atoms. The summed E-state index contributed by atoms with van der Waals surface area (Å²) in [5.74, 6) is 1.71. The lowest BCUT2D eigenvalue weighted by Crippen LogP contribution is -2.04. The lowest BCUT2D eigenvalue weighted by atomic mass is 9.84. The maximum Gasteiger partial charge on any atom is 0.110 e. The van der Waals surface area contributed by atoms with Crippen LogP contribution in [0.4, 0.5) is 0 Å². The maximum atomic E-state index is 4.52. The van der Waals surface area contributed by atoms with E-state index in [1.165, 1.54) is 43.2 Å². The van der Waals surface area contributed by atoms with Gasteiger partial charge in [-0.25, -0.2) is 4.98 Å². The van der Waals surface area contributed by atoms with Crippen LogP contribution in [0.15, 0.2) is 28.9 Å². The summed E-state index contributed by atoms with van der Waals surface area (Å²) in [5.41, 5.74) is 3.68. The van der Waals surface area contributed by atoms with Crippen molar-refractivity contribution in [3.05, 3.63) is 40.3 Å². The number of benzene rings is 1. The molecule has 0 unspecified atom stereocenters. The minimum Gasteiger partial charge on any atom is -0.336 e. The first-order valence-corrected chi connectivity index (χ1v) is 7.86. The van der Waals surface area contributed by atoms with E-state index in [1.807, 2.05) is 6.92 Å². The molecule has 0 radical (unpaired) electrons. The molecule has 1 fully saturated rings. The quantitative estimate of drug-likeness (QED) is 0.810. The number of imidazole rings is 1. The van der Waals surface area contributed by atoms with E-state index in [-0.39, 0.29) is 0 Å². The minimum absolute atomic E-state index is 0.771. The Morgan fingerprint density at radius 1 is 1.11 bits per heavy atom. The molecule has 1 aromatic heterocycles. The van der Waals surface area contributed by atoms with Gasteiger partial charge in [-0.3, -0.25) is 0 Å². The van der Waals surface area contributed by atoms with Gasteiger partial charge >= 0.3 is 0 Å². The van der Waals surface area contributed by atoms with Gasteiger partial charge in [0.15, 0.2) is 0 Å². The summed E-state index contributed by atoms with van der Waals surface area (Å²) >= 11 is 3.53. The van der Waals surface area contributed by atoms with Gasteiger partial charge in [0.2, 0.25) is 0 Å². The highest BCUT2D eigenvalue weighted by molar-refractivity contribution is 9.10. The van der Waals surface area contributed by atoms with Gasteiger partial charge < -0.3 is 4.98 Å². The van der Waals surface area contributed by atoms with E-state index in [0.717, 1.165) is 22.0 Å². The van der Waals surface area contributed by atoms with Gasteiger partial charge in [0, 0.05) is 5.56 Å². The van der Waals surface area contributed by atoms with Gasteiger partial charge in [-0.1, -0.05) is 43.5 Å². The lowest BCUT2D eigenvalue weighted by molar-refractivity contribution is 0.443. The van der Waals surface area contributed by atoms with E-state index < -0.39 is 0 Å². The van der Waals surface area contributed by atoms with Crippen molar-refractivity contribution in [2.45, 2.75) is 44.9 Å². The molecule has 1 aliphatic rings. The van der Waals surface area contributed by atoms with Crippen molar-refractivity contribution in [3.8, 4) is 11.3 Å². The Morgan fingerprint density at radius 2 is 1.79 bits per heavy atom. The summed E-state index contributed by atoms with van der Waals surface area (Å²) in [7, 11) is 0. The minimum atomic E-state index is 0.771. The van der Waals surface area contributed by atoms with Crippen LogP contribution < -0.4 is 0 Å². The Balaban J connectivity index is 1.84. The number of rotatable bonds is 2. The number of H-pyrrole nitrogens is 1. The predicted octanol–water partition coefficient (Wildman–Crippen LogP) is 5.20. The van der Waals surface area contributed by atoms with Crippen molar-refractivity contribution < 1.29 is 0 Å². The van der Waals surface area contributed by atoms with Crippen molar-refractivity contribution in [3.63, 3.8) is 0 Å². The van der Waals surface area contributed by atoms with Crippen LogP contribution in [-0.2, 0) is 0 Å². The third-order valence-corrected chi connectivity index (χ3v) is 4.61. The van der Waals surface area contributed by atoms with Crippen LogP contribution in [0.1, 0.15) is 49.4 Å². The van der Waals surface area contributed by atoms with Gasteiger partial charge in [-0.05, 0) is 47.2 Å². The van der Waals surface area contributed by atoms with E-state index >= 15 is 0 Å². The molecule has 0 saturated heterocycles. The summed E-state index contributed by atoms with van der Waals surface area (Å²) in [4.78, 5) is 7.71. The second kappa shape index (κ2) is 5.49. The Hall–Kier alpha value is -1.09. The SMILES string of the molecule is Cc1nc(-c2ccc(C3CCCCC3)cc2)c(Br)[nH]1. The number of halogens is 1. The van der Waals surface area contributed by atoms with Crippen molar-refractivity contribution in [2.24, 2.45) is 0 Å². The highest BCUT2D eigenvalue weighted by atomic mass is 79.9. The molecule has 1 aromatic carbocycles. The number of nitrogens with one attached hydrogen (secondary N) is 1. The fraction of sp³-hybridized carbons (Fsp3) is 0.438. The highest BCUT2D eigenvalue weighted by Gasteiger charge is 2.16. The summed E-state index contributed by atoms with van der Waals surface area (Å²) in [6, 6.07) is 8.96. The molecule has 0 atom stereocenters. The van der Waals surface area contributed by atoms with Gasteiger partial charge in [-0.15, -0.1) is 0 Å². The molecule has 1 saturated carbocycles. The van der Waals surface area contributed by atoms with E-state index in [2.05, 4.69) is 50.2 Å². The average Bonchev–Trinajstić information content (AvgIpc) is 2.79. The van der Waals surface area contributed by atoms with Crippen LogP contribution in [0.2, 0.25) is 0 Å². The van der Waals surface area contributed by atoms with Crippen LogP contribution in [-0.4, -0.2) is 9.97 Å². The molecule has 0 aliphatic heterocycles. The molecule has 1 N–H and O–H groups in total. The number of aromatic nitrogens is 2. The first-order valence-electron chi connectivity index (χ1n) is 7.06. The van der Waals surface area contributed by atoms with E-state index in [1.54, 1.807) is 0 Å². The number of hydrogen-bond donors (Lipinski definition) is 1. The van der Waals surface area contributed by atoms with Gasteiger partial charge in [0.1, 0.15) is 16.1 Å². The van der Waals surface area contributed by atoms with Crippen LogP contribution in [0.5, 0.6) is 0 Å². The van der Waals surface area contributed by atoms with E-state index in [9.17, 15) is 0 Å².